The molecule has 4 aromatic rings. The third-order valence-electron chi connectivity index (χ3n) is 5.93. The van der Waals surface area contributed by atoms with Crippen LogP contribution in [0.1, 0.15) is 35.9 Å². The number of halogens is 1. The summed E-state index contributed by atoms with van der Waals surface area (Å²) >= 11 is 8.03. The minimum Gasteiger partial charge on any atom is -0.323 e. The Kier molecular flexibility index (Phi) is 6.97. The normalized spacial score (nSPS) is 14.1. The average molecular weight is 489 g/mol. The topological polar surface area (TPSA) is 59.8 Å². The molecular weight excluding hydrogens is 464 g/mol. The van der Waals surface area contributed by atoms with Crippen molar-refractivity contribution >= 4 is 35.0 Å². The predicted octanol–water partition coefficient (Wildman–Crippen LogP) is 6.80. The summed E-state index contributed by atoms with van der Waals surface area (Å²) < 4.78 is 2.19. The molecule has 2 heterocycles. The molecule has 7 heteroatoms. The Balaban J connectivity index is 1.43. The number of nitrogens with one attached hydrogen (secondary N) is 1. The predicted molar refractivity (Wildman–Crippen MR) is 138 cm³/mol. The van der Waals surface area contributed by atoms with Crippen molar-refractivity contribution in [2.75, 3.05) is 5.32 Å². The molecular formula is C27H25ClN4OS. The summed E-state index contributed by atoms with van der Waals surface area (Å²) in [6.45, 7) is 0.909. The number of amides is 1. The Morgan fingerprint density at radius 3 is 2.50 bits per heavy atom. The van der Waals surface area contributed by atoms with Gasteiger partial charge >= 0.3 is 0 Å². The van der Waals surface area contributed by atoms with Crippen LogP contribution in [0.15, 0.2) is 83.8 Å². The third-order valence-corrected chi connectivity index (χ3v) is 7.53. The van der Waals surface area contributed by atoms with Crippen molar-refractivity contribution < 1.29 is 4.79 Å². The highest BCUT2D eigenvalue weighted by Crippen LogP contribution is 2.37. The van der Waals surface area contributed by atoms with Crippen molar-refractivity contribution in [3.63, 3.8) is 0 Å². The lowest BCUT2D eigenvalue weighted by Crippen LogP contribution is -2.19. The fraction of sp³-hybridized carbons (Fsp3) is 0.222. The number of nitrogens with zero attached hydrogens (tertiary/aromatic N) is 3. The van der Waals surface area contributed by atoms with Crippen LogP contribution in [0.2, 0.25) is 5.02 Å². The Bertz CT molecular complexity index is 1280. The van der Waals surface area contributed by atoms with Crippen molar-refractivity contribution in [3.05, 3.63) is 95.3 Å². The maximum Gasteiger partial charge on any atom is 0.242 e. The van der Waals surface area contributed by atoms with E-state index < -0.39 is 5.25 Å². The van der Waals surface area contributed by atoms with Crippen LogP contribution in [0.4, 0.5) is 5.69 Å². The maximum atomic E-state index is 13.5. The summed E-state index contributed by atoms with van der Waals surface area (Å²) in [5.74, 6) is 1.72. The van der Waals surface area contributed by atoms with Crippen molar-refractivity contribution in [1.82, 2.24) is 14.8 Å². The monoisotopic (exact) mass is 488 g/mol. The number of carbonyl (C=O) groups excluding carboxylic acids is 1. The van der Waals surface area contributed by atoms with Gasteiger partial charge in [-0.15, -0.1) is 22.0 Å². The number of aryl methyl sites for hydroxylation is 1. The minimum atomic E-state index is -0.423. The lowest BCUT2D eigenvalue weighted by molar-refractivity contribution is -0.115. The average Bonchev–Trinajstić information content (AvgIpc) is 3.13. The summed E-state index contributed by atoms with van der Waals surface area (Å²) in [6.07, 6.45) is 4.40. The Morgan fingerprint density at radius 1 is 0.941 bits per heavy atom. The van der Waals surface area contributed by atoms with Gasteiger partial charge in [-0.1, -0.05) is 66.6 Å². The summed E-state index contributed by atoms with van der Waals surface area (Å²) in [7, 11) is 0. The molecule has 0 radical (unpaired) electrons. The van der Waals surface area contributed by atoms with E-state index in [4.69, 9.17) is 11.6 Å². The Hall–Kier alpha value is -3.09. The molecule has 0 unspecified atom stereocenters. The van der Waals surface area contributed by atoms with E-state index in [1.54, 1.807) is 0 Å². The lowest BCUT2D eigenvalue weighted by atomic mass is 10.1. The van der Waals surface area contributed by atoms with Gasteiger partial charge in [0.2, 0.25) is 5.91 Å². The zero-order valence-electron chi connectivity index (χ0n) is 18.7. The second kappa shape index (κ2) is 10.5. The number of aromatic nitrogens is 3. The zero-order chi connectivity index (χ0) is 23.3. The molecule has 1 aromatic heterocycles. The van der Waals surface area contributed by atoms with E-state index >= 15 is 0 Å². The Morgan fingerprint density at radius 2 is 1.71 bits per heavy atom. The van der Waals surface area contributed by atoms with Gasteiger partial charge in [0, 0.05) is 23.4 Å². The summed E-state index contributed by atoms with van der Waals surface area (Å²) in [5, 5.41) is 12.0. The zero-order valence-corrected chi connectivity index (χ0v) is 20.2. The van der Waals surface area contributed by atoms with Gasteiger partial charge in [-0.2, -0.15) is 0 Å². The van der Waals surface area contributed by atoms with Crippen molar-refractivity contribution in [1.29, 1.82) is 0 Å². The molecule has 5 nitrogen and oxygen atoms in total. The van der Waals surface area contributed by atoms with Gasteiger partial charge in [0.25, 0.3) is 0 Å². The molecule has 1 N–H and O–H groups in total. The SMILES string of the molecule is O=C(Nc1cc(-c2nnc3n2CCCCC3)ccc1Cl)[C@H](Sc1ccccc1)c1ccccc1. The minimum absolute atomic E-state index is 0.126. The maximum absolute atomic E-state index is 13.5. The van der Waals surface area contributed by atoms with Crippen molar-refractivity contribution in [2.24, 2.45) is 0 Å². The van der Waals surface area contributed by atoms with E-state index in [0.29, 0.717) is 10.7 Å². The molecule has 3 aromatic carbocycles. The van der Waals surface area contributed by atoms with E-state index in [0.717, 1.165) is 53.5 Å². The van der Waals surface area contributed by atoms with Crippen LogP contribution in [0.3, 0.4) is 0 Å². The van der Waals surface area contributed by atoms with Gasteiger partial charge in [0.05, 0.1) is 10.7 Å². The number of hydrogen-bond donors (Lipinski definition) is 1. The van der Waals surface area contributed by atoms with E-state index in [-0.39, 0.29) is 5.91 Å². The smallest absolute Gasteiger partial charge is 0.242 e. The fourth-order valence-corrected chi connectivity index (χ4v) is 5.40. The van der Waals surface area contributed by atoms with Crippen LogP contribution in [0, 0.1) is 0 Å². The molecule has 0 saturated heterocycles. The Labute approximate surface area is 208 Å². The van der Waals surface area contributed by atoms with Gasteiger partial charge in [-0.3, -0.25) is 4.79 Å². The van der Waals surface area contributed by atoms with Crippen LogP contribution in [0.5, 0.6) is 0 Å². The third kappa shape index (κ3) is 5.03. The molecule has 34 heavy (non-hydrogen) atoms. The number of thioether (sulfide) groups is 1. The summed E-state index contributed by atoms with van der Waals surface area (Å²) in [4.78, 5) is 14.5. The van der Waals surface area contributed by atoms with Gasteiger partial charge in [0.15, 0.2) is 5.82 Å². The van der Waals surface area contributed by atoms with Crippen LogP contribution < -0.4 is 5.32 Å². The fourth-order valence-electron chi connectivity index (χ4n) is 4.19. The molecule has 0 saturated carbocycles. The first-order chi connectivity index (χ1) is 16.7. The largest absolute Gasteiger partial charge is 0.323 e. The molecule has 0 bridgehead atoms. The highest BCUT2D eigenvalue weighted by Gasteiger charge is 2.24. The number of anilines is 1. The van der Waals surface area contributed by atoms with Crippen LogP contribution in [-0.2, 0) is 17.8 Å². The number of rotatable bonds is 6. The second-order valence-electron chi connectivity index (χ2n) is 8.31. The van der Waals surface area contributed by atoms with Crippen molar-refractivity contribution in [2.45, 2.75) is 42.4 Å². The van der Waals surface area contributed by atoms with Gasteiger partial charge in [-0.05, 0) is 48.7 Å². The second-order valence-corrected chi connectivity index (χ2v) is 9.89. The van der Waals surface area contributed by atoms with Gasteiger partial charge in [0.1, 0.15) is 11.1 Å². The van der Waals surface area contributed by atoms with E-state index in [9.17, 15) is 4.79 Å². The molecule has 1 aliphatic rings. The molecule has 0 aliphatic carbocycles. The number of fused-ring (bicyclic) bond motifs is 1. The summed E-state index contributed by atoms with van der Waals surface area (Å²) in [5.41, 5.74) is 2.40. The number of hydrogen-bond acceptors (Lipinski definition) is 4. The molecule has 0 spiro atoms. The summed E-state index contributed by atoms with van der Waals surface area (Å²) in [6, 6.07) is 25.4. The van der Waals surface area contributed by atoms with Crippen LogP contribution in [0.25, 0.3) is 11.4 Å². The van der Waals surface area contributed by atoms with Gasteiger partial charge < -0.3 is 9.88 Å². The van der Waals surface area contributed by atoms with Gasteiger partial charge in [-0.25, -0.2) is 0 Å². The first-order valence-corrected chi connectivity index (χ1v) is 12.7. The van der Waals surface area contributed by atoms with Crippen LogP contribution in [-0.4, -0.2) is 20.7 Å². The highest BCUT2D eigenvalue weighted by molar-refractivity contribution is 8.00. The number of benzene rings is 3. The first-order valence-electron chi connectivity index (χ1n) is 11.5. The molecule has 1 atom stereocenters. The molecule has 1 amide bonds. The van der Waals surface area contributed by atoms with Crippen molar-refractivity contribution in [3.8, 4) is 11.4 Å². The molecule has 5 rings (SSSR count). The van der Waals surface area contributed by atoms with E-state index in [2.05, 4.69) is 20.1 Å². The van der Waals surface area contributed by atoms with E-state index in [1.165, 1.54) is 18.2 Å². The standard InChI is InChI=1S/C27H25ClN4OS/c28-22-16-15-20(26-31-30-24-14-8-3-9-17-32(24)26)18-23(22)29-27(33)25(19-10-4-1-5-11-19)34-21-12-6-2-7-13-21/h1-2,4-7,10-13,15-16,18,25H,3,8-9,14,17H2,(H,29,33)/t25-/m1/s1. The highest BCUT2D eigenvalue weighted by atomic mass is 35.5. The van der Waals surface area contributed by atoms with Crippen LogP contribution >= 0.6 is 23.4 Å². The van der Waals surface area contributed by atoms with E-state index in [1.807, 2.05) is 78.9 Å². The number of carbonyl (C=O) groups is 1. The molecule has 0 fully saturated rings. The first kappa shape index (κ1) is 22.7. The molecule has 1 aliphatic heterocycles. The quantitative estimate of drug-likeness (QED) is 0.303. The lowest BCUT2D eigenvalue weighted by Gasteiger charge is -2.18. The molecule has 172 valence electrons.